The van der Waals surface area contributed by atoms with Crippen LogP contribution in [0.15, 0.2) is 12.3 Å². The van der Waals surface area contributed by atoms with Crippen LogP contribution in [0.1, 0.15) is 28.9 Å². The number of halogens is 1. The van der Waals surface area contributed by atoms with Gasteiger partial charge in [0, 0.05) is 24.5 Å². The standard InChI is InChI=1S/C11H17N3O.ClH/c1-8-10(4-6-13-8)11(15)14-9-3-2-5-12-7-9;/h4,6,9,12-13H,2-3,5,7H2,1H3,(H,14,15);1H. The minimum Gasteiger partial charge on any atom is -0.365 e. The number of nitrogens with one attached hydrogen (secondary N) is 3. The molecular weight excluding hydrogens is 226 g/mol. The summed E-state index contributed by atoms with van der Waals surface area (Å²) in [4.78, 5) is 14.8. The van der Waals surface area contributed by atoms with Gasteiger partial charge >= 0.3 is 0 Å². The molecule has 1 atom stereocenters. The van der Waals surface area contributed by atoms with E-state index in [4.69, 9.17) is 0 Å². The van der Waals surface area contributed by atoms with E-state index >= 15 is 0 Å². The number of amides is 1. The van der Waals surface area contributed by atoms with E-state index in [1.807, 2.05) is 13.0 Å². The second-order valence-electron chi connectivity index (χ2n) is 4.03. The van der Waals surface area contributed by atoms with Gasteiger partial charge in [0.05, 0.1) is 5.56 Å². The van der Waals surface area contributed by atoms with Crippen molar-refractivity contribution in [1.82, 2.24) is 15.6 Å². The normalized spacial score (nSPS) is 19.9. The van der Waals surface area contributed by atoms with Crippen LogP contribution in [-0.2, 0) is 0 Å². The molecule has 1 fully saturated rings. The highest BCUT2D eigenvalue weighted by atomic mass is 35.5. The monoisotopic (exact) mass is 243 g/mol. The molecule has 0 radical (unpaired) electrons. The fourth-order valence-electron chi connectivity index (χ4n) is 1.94. The Kier molecular flexibility index (Phi) is 4.83. The average Bonchev–Trinajstić information content (AvgIpc) is 2.66. The lowest BCUT2D eigenvalue weighted by molar-refractivity contribution is 0.0930. The number of carbonyl (C=O) groups excluding carboxylic acids is 1. The van der Waals surface area contributed by atoms with Gasteiger partial charge in [-0.05, 0) is 32.4 Å². The predicted molar refractivity (Wildman–Crippen MR) is 66.1 cm³/mol. The van der Waals surface area contributed by atoms with Crippen molar-refractivity contribution in [3.63, 3.8) is 0 Å². The third kappa shape index (κ3) is 3.00. The van der Waals surface area contributed by atoms with E-state index in [1.165, 1.54) is 0 Å². The molecule has 1 unspecified atom stereocenters. The molecule has 0 bridgehead atoms. The Labute approximate surface area is 102 Å². The Morgan fingerprint density at radius 1 is 1.56 bits per heavy atom. The molecule has 1 saturated heterocycles. The molecule has 3 N–H and O–H groups in total. The first-order chi connectivity index (χ1) is 7.27. The minimum atomic E-state index is 0. The lowest BCUT2D eigenvalue weighted by atomic mass is 10.1. The van der Waals surface area contributed by atoms with Crippen LogP contribution in [0.5, 0.6) is 0 Å². The maximum atomic E-state index is 11.8. The van der Waals surface area contributed by atoms with E-state index in [0.717, 1.165) is 37.2 Å². The van der Waals surface area contributed by atoms with Crippen molar-refractivity contribution < 1.29 is 4.79 Å². The van der Waals surface area contributed by atoms with E-state index in [2.05, 4.69) is 15.6 Å². The van der Waals surface area contributed by atoms with E-state index in [0.29, 0.717) is 0 Å². The van der Waals surface area contributed by atoms with Crippen LogP contribution < -0.4 is 10.6 Å². The Morgan fingerprint density at radius 2 is 2.38 bits per heavy atom. The number of aromatic amines is 1. The first kappa shape index (κ1) is 13.1. The summed E-state index contributed by atoms with van der Waals surface area (Å²) in [5, 5.41) is 6.32. The maximum Gasteiger partial charge on any atom is 0.253 e. The van der Waals surface area contributed by atoms with Crippen LogP contribution in [0.4, 0.5) is 0 Å². The lowest BCUT2D eigenvalue weighted by Gasteiger charge is -2.23. The van der Waals surface area contributed by atoms with Gasteiger partial charge < -0.3 is 15.6 Å². The molecular formula is C11H18ClN3O. The second-order valence-corrected chi connectivity index (χ2v) is 4.03. The number of carbonyl (C=O) groups is 1. The highest BCUT2D eigenvalue weighted by molar-refractivity contribution is 5.95. The summed E-state index contributed by atoms with van der Waals surface area (Å²) in [6, 6.07) is 2.10. The van der Waals surface area contributed by atoms with Crippen LogP contribution in [-0.4, -0.2) is 30.0 Å². The van der Waals surface area contributed by atoms with Crippen molar-refractivity contribution in [3.8, 4) is 0 Å². The van der Waals surface area contributed by atoms with Gasteiger partial charge in [0.2, 0.25) is 0 Å². The Hall–Kier alpha value is -1.00. The highest BCUT2D eigenvalue weighted by Gasteiger charge is 2.17. The summed E-state index contributed by atoms with van der Waals surface area (Å²) < 4.78 is 0. The highest BCUT2D eigenvalue weighted by Crippen LogP contribution is 2.07. The quantitative estimate of drug-likeness (QED) is 0.732. The summed E-state index contributed by atoms with van der Waals surface area (Å²) in [5.41, 5.74) is 1.68. The Balaban J connectivity index is 0.00000128. The zero-order valence-corrected chi connectivity index (χ0v) is 10.2. The van der Waals surface area contributed by atoms with Crippen LogP contribution in [0, 0.1) is 6.92 Å². The van der Waals surface area contributed by atoms with E-state index < -0.39 is 0 Å². The van der Waals surface area contributed by atoms with Crippen molar-refractivity contribution in [2.24, 2.45) is 0 Å². The molecule has 1 aliphatic heterocycles. The van der Waals surface area contributed by atoms with Gasteiger partial charge in [0.15, 0.2) is 0 Å². The SMILES string of the molecule is Cc1[nH]ccc1C(=O)NC1CCCNC1.Cl. The molecule has 0 spiro atoms. The Bertz CT molecular complexity index is 345. The molecule has 0 aliphatic carbocycles. The van der Waals surface area contributed by atoms with E-state index in [1.54, 1.807) is 6.20 Å². The molecule has 1 aliphatic rings. The minimum absolute atomic E-state index is 0. The fourth-order valence-corrected chi connectivity index (χ4v) is 1.94. The van der Waals surface area contributed by atoms with Crippen molar-refractivity contribution in [2.45, 2.75) is 25.8 Å². The summed E-state index contributed by atoms with van der Waals surface area (Å²) >= 11 is 0. The average molecular weight is 244 g/mol. The molecule has 0 saturated carbocycles. The number of aryl methyl sites for hydroxylation is 1. The first-order valence-electron chi connectivity index (χ1n) is 5.43. The summed E-state index contributed by atoms with van der Waals surface area (Å²) in [5.74, 6) is 0.0300. The van der Waals surface area contributed by atoms with Gasteiger partial charge in [-0.15, -0.1) is 12.4 Å². The van der Waals surface area contributed by atoms with Gasteiger partial charge in [-0.25, -0.2) is 0 Å². The molecule has 16 heavy (non-hydrogen) atoms. The second kappa shape index (κ2) is 5.92. The zero-order valence-electron chi connectivity index (χ0n) is 9.38. The van der Waals surface area contributed by atoms with Crippen molar-refractivity contribution in [3.05, 3.63) is 23.5 Å². The molecule has 1 aromatic heterocycles. The largest absolute Gasteiger partial charge is 0.365 e. The third-order valence-electron chi connectivity index (χ3n) is 2.83. The molecule has 2 rings (SSSR count). The molecule has 1 amide bonds. The van der Waals surface area contributed by atoms with Crippen LogP contribution in [0.2, 0.25) is 0 Å². The van der Waals surface area contributed by atoms with Crippen molar-refractivity contribution in [1.29, 1.82) is 0 Å². The van der Waals surface area contributed by atoms with E-state index in [-0.39, 0.29) is 24.4 Å². The number of rotatable bonds is 2. The lowest BCUT2D eigenvalue weighted by Crippen LogP contribution is -2.45. The number of piperidine rings is 1. The molecule has 0 aromatic carbocycles. The number of hydrogen-bond acceptors (Lipinski definition) is 2. The molecule has 5 heteroatoms. The number of H-pyrrole nitrogens is 1. The molecule has 4 nitrogen and oxygen atoms in total. The Morgan fingerprint density at radius 3 is 2.94 bits per heavy atom. The topological polar surface area (TPSA) is 56.9 Å². The molecule has 90 valence electrons. The summed E-state index contributed by atoms with van der Waals surface area (Å²) in [6.07, 6.45) is 4.00. The smallest absolute Gasteiger partial charge is 0.253 e. The van der Waals surface area contributed by atoms with Crippen LogP contribution in [0.25, 0.3) is 0 Å². The fraction of sp³-hybridized carbons (Fsp3) is 0.545. The number of aromatic nitrogens is 1. The summed E-state index contributed by atoms with van der Waals surface area (Å²) in [7, 11) is 0. The van der Waals surface area contributed by atoms with Gasteiger partial charge in [-0.1, -0.05) is 0 Å². The summed E-state index contributed by atoms with van der Waals surface area (Å²) in [6.45, 7) is 3.86. The first-order valence-corrected chi connectivity index (χ1v) is 5.43. The zero-order chi connectivity index (χ0) is 10.7. The van der Waals surface area contributed by atoms with Gasteiger partial charge in [0.25, 0.3) is 5.91 Å². The van der Waals surface area contributed by atoms with E-state index in [9.17, 15) is 4.79 Å². The van der Waals surface area contributed by atoms with Gasteiger partial charge in [-0.3, -0.25) is 4.79 Å². The van der Waals surface area contributed by atoms with Crippen LogP contribution in [0.3, 0.4) is 0 Å². The maximum absolute atomic E-state index is 11.8. The molecule has 2 heterocycles. The third-order valence-corrected chi connectivity index (χ3v) is 2.83. The van der Waals surface area contributed by atoms with Crippen molar-refractivity contribution >= 4 is 18.3 Å². The van der Waals surface area contributed by atoms with Crippen LogP contribution >= 0.6 is 12.4 Å². The van der Waals surface area contributed by atoms with Gasteiger partial charge in [-0.2, -0.15) is 0 Å². The number of hydrogen-bond donors (Lipinski definition) is 3. The molecule has 1 aromatic rings. The van der Waals surface area contributed by atoms with Crippen molar-refractivity contribution in [2.75, 3.05) is 13.1 Å². The predicted octanol–water partition coefficient (Wildman–Crippen LogP) is 1.23. The van der Waals surface area contributed by atoms with Gasteiger partial charge in [0.1, 0.15) is 0 Å².